The summed E-state index contributed by atoms with van der Waals surface area (Å²) in [5, 5.41) is 5.11. The average Bonchev–Trinajstić information content (AvgIpc) is 3.05. The van der Waals surface area contributed by atoms with E-state index in [0.29, 0.717) is 5.75 Å². The number of benzene rings is 1. The summed E-state index contributed by atoms with van der Waals surface area (Å²) in [5.41, 5.74) is -0.661. The van der Waals surface area contributed by atoms with E-state index in [2.05, 4.69) is 20.1 Å². The predicted molar refractivity (Wildman–Crippen MR) is 86.4 cm³/mol. The van der Waals surface area contributed by atoms with E-state index in [1.807, 2.05) is 6.07 Å². The number of nitrogens with zero attached hydrogens (tertiary/aromatic N) is 2. The summed E-state index contributed by atoms with van der Waals surface area (Å²) >= 11 is 0. The van der Waals surface area contributed by atoms with Crippen molar-refractivity contribution in [2.75, 3.05) is 6.73 Å². The molecule has 0 saturated heterocycles. The van der Waals surface area contributed by atoms with E-state index in [4.69, 9.17) is 4.74 Å². The molecule has 0 aliphatic rings. The van der Waals surface area contributed by atoms with Crippen molar-refractivity contribution in [1.82, 2.24) is 19.9 Å². The molecule has 0 atom stereocenters. The van der Waals surface area contributed by atoms with Gasteiger partial charge in [0.2, 0.25) is 11.3 Å². The van der Waals surface area contributed by atoms with Crippen LogP contribution >= 0.6 is 0 Å². The first-order valence-electron chi connectivity index (χ1n) is 7.30. The van der Waals surface area contributed by atoms with Crippen LogP contribution in [0.5, 0.6) is 11.6 Å². The molecule has 0 saturated carbocycles. The molecule has 2 heterocycles. The minimum absolute atomic E-state index is 0.0961. The number of esters is 1. The average molecular weight is 342 g/mol. The van der Waals surface area contributed by atoms with Crippen molar-refractivity contribution in [2.45, 2.75) is 6.92 Å². The van der Waals surface area contributed by atoms with Crippen LogP contribution in [0.2, 0.25) is 0 Å². The molecule has 0 aliphatic heterocycles. The topological polar surface area (TPSA) is 115 Å². The number of hydrogen-bond donors (Lipinski definition) is 2. The molecule has 0 bridgehead atoms. The fourth-order valence-corrected chi connectivity index (χ4v) is 2.16. The molecule has 0 unspecified atom stereocenters. The largest absolute Gasteiger partial charge is 0.445 e. The molecule has 1 amide bonds. The van der Waals surface area contributed by atoms with Gasteiger partial charge in [-0.1, -0.05) is 18.2 Å². The van der Waals surface area contributed by atoms with Crippen LogP contribution in [0.25, 0.3) is 5.65 Å². The second-order valence-corrected chi connectivity index (χ2v) is 4.97. The quantitative estimate of drug-likeness (QED) is 0.529. The summed E-state index contributed by atoms with van der Waals surface area (Å²) in [6.45, 7) is 0.870. The van der Waals surface area contributed by atoms with Gasteiger partial charge >= 0.3 is 5.97 Å². The Bertz CT molecular complexity index is 977. The normalized spacial score (nSPS) is 10.4. The molecule has 0 radical (unpaired) electrons. The second-order valence-electron chi connectivity index (χ2n) is 4.97. The van der Waals surface area contributed by atoms with Crippen LogP contribution in [0, 0.1) is 0 Å². The van der Waals surface area contributed by atoms with Gasteiger partial charge in [-0.05, 0) is 12.1 Å². The summed E-state index contributed by atoms with van der Waals surface area (Å²) in [4.78, 5) is 39.3. The first kappa shape index (κ1) is 16.2. The molecular weight excluding hydrogens is 328 g/mol. The standard InChI is InChI=1S/C16H14N4O5/c1-10(21)24-9-18-16(23)14-12(22)7-13(20-15(14)17-8-19-20)25-11-5-3-2-4-6-11/h2-8H,9H2,1H3,(H,17,19)(H,18,23). The molecular formula is C16H14N4O5. The molecule has 1 aromatic carbocycles. The van der Waals surface area contributed by atoms with Gasteiger partial charge in [-0.15, -0.1) is 0 Å². The van der Waals surface area contributed by atoms with E-state index in [-0.39, 0.29) is 23.8 Å². The highest BCUT2D eigenvalue weighted by Gasteiger charge is 2.20. The number of pyridine rings is 1. The van der Waals surface area contributed by atoms with Gasteiger partial charge in [-0.25, -0.2) is 9.50 Å². The van der Waals surface area contributed by atoms with Crippen LogP contribution in [0.4, 0.5) is 0 Å². The monoisotopic (exact) mass is 342 g/mol. The zero-order chi connectivity index (χ0) is 17.8. The summed E-state index contributed by atoms with van der Waals surface area (Å²) in [5.74, 6) is -0.548. The van der Waals surface area contributed by atoms with Gasteiger partial charge in [-0.2, -0.15) is 0 Å². The van der Waals surface area contributed by atoms with Crippen LogP contribution in [-0.2, 0) is 9.53 Å². The Hall–Kier alpha value is -3.62. The van der Waals surface area contributed by atoms with Gasteiger partial charge < -0.3 is 14.8 Å². The van der Waals surface area contributed by atoms with E-state index in [1.165, 1.54) is 23.8 Å². The Labute approximate surface area is 141 Å². The SMILES string of the molecule is CC(=O)OCNC(=O)c1c(=O)cc(Oc2ccccc2)n2[nH]cnc12. The van der Waals surface area contributed by atoms with Crippen molar-refractivity contribution >= 4 is 17.5 Å². The number of aromatic nitrogens is 3. The van der Waals surface area contributed by atoms with Crippen molar-refractivity contribution in [3.05, 3.63) is 58.5 Å². The van der Waals surface area contributed by atoms with Gasteiger partial charge in [-0.3, -0.25) is 19.5 Å². The fourth-order valence-electron chi connectivity index (χ4n) is 2.16. The van der Waals surface area contributed by atoms with Gasteiger partial charge in [0.1, 0.15) is 17.6 Å². The smallest absolute Gasteiger partial charge is 0.304 e. The van der Waals surface area contributed by atoms with Crippen LogP contribution < -0.4 is 15.5 Å². The van der Waals surface area contributed by atoms with E-state index in [0.717, 1.165) is 0 Å². The Kier molecular flexibility index (Phi) is 4.46. The lowest BCUT2D eigenvalue weighted by molar-refractivity contribution is -0.141. The molecule has 3 rings (SSSR count). The number of amides is 1. The van der Waals surface area contributed by atoms with Gasteiger partial charge in [0.05, 0.1) is 0 Å². The van der Waals surface area contributed by atoms with Crippen LogP contribution in [0.15, 0.2) is 47.5 Å². The lowest BCUT2D eigenvalue weighted by atomic mass is 10.2. The number of aromatic amines is 1. The van der Waals surface area contributed by atoms with E-state index in [1.54, 1.807) is 24.3 Å². The van der Waals surface area contributed by atoms with Gasteiger partial charge in [0, 0.05) is 13.0 Å². The summed E-state index contributed by atoms with van der Waals surface area (Å²) < 4.78 is 11.7. The van der Waals surface area contributed by atoms with Crippen molar-refractivity contribution < 1.29 is 19.1 Å². The Morgan fingerprint density at radius 2 is 2.04 bits per heavy atom. The van der Waals surface area contributed by atoms with Crippen molar-refractivity contribution in [2.24, 2.45) is 0 Å². The van der Waals surface area contributed by atoms with Crippen LogP contribution in [0.1, 0.15) is 17.3 Å². The number of H-pyrrole nitrogens is 1. The zero-order valence-electron chi connectivity index (χ0n) is 13.2. The predicted octanol–water partition coefficient (Wildman–Crippen LogP) is 1.07. The maximum Gasteiger partial charge on any atom is 0.304 e. The summed E-state index contributed by atoms with van der Waals surface area (Å²) in [6, 6.07) is 10.1. The molecule has 9 nitrogen and oxygen atoms in total. The van der Waals surface area contributed by atoms with E-state index in [9.17, 15) is 14.4 Å². The highest BCUT2D eigenvalue weighted by molar-refractivity contribution is 5.99. The van der Waals surface area contributed by atoms with Crippen LogP contribution in [-0.4, -0.2) is 33.2 Å². The Morgan fingerprint density at radius 1 is 1.28 bits per heavy atom. The van der Waals surface area contributed by atoms with Gasteiger partial charge in [0.25, 0.3) is 5.91 Å². The summed E-state index contributed by atoms with van der Waals surface area (Å²) in [7, 11) is 0. The molecule has 25 heavy (non-hydrogen) atoms. The molecule has 0 fully saturated rings. The Balaban J connectivity index is 1.94. The fraction of sp³-hybridized carbons (Fsp3) is 0.125. The van der Waals surface area contributed by atoms with Crippen LogP contribution in [0.3, 0.4) is 0 Å². The highest BCUT2D eigenvalue weighted by Crippen LogP contribution is 2.20. The lowest BCUT2D eigenvalue weighted by Gasteiger charge is -2.10. The molecule has 2 aromatic heterocycles. The molecule has 128 valence electrons. The summed E-state index contributed by atoms with van der Waals surface area (Å²) in [6.07, 6.45) is 1.33. The minimum Gasteiger partial charge on any atom is -0.445 e. The third-order valence-corrected chi connectivity index (χ3v) is 3.23. The molecule has 0 spiro atoms. The molecule has 9 heteroatoms. The number of para-hydroxylation sites is 1. The second kappa shape index (κ2) is 6.87. The molecule has 2 N–H and O–H groups in total. The van der Waals surface area contributed by atoms with Crippen molar-refractivity contribution in [1.29, 1.82) is 0 Å². The first-order valence-corrected chi connectivity index (χ1v) is 7.30. The number of rotatable bonds is 5. The van der Waals surface area contributed by atoms with Crippen molar-refractivity contribution in [3.63, 3.8) is 0 Å². The lowest BCUT2D eigenvalue weighted by Crippen LogP contribution is -2.32. The number of carbonyl (C=O) groups excluding carboxylic acids is 2. The third kappa shape index (κ3) is 3.50. The van der Waals surface area contributed by atoms with Crippen molar-refractivity contribution in [3.8, 4) is 11.6 Å². The number of carbonyl (C=O) groups is 2. The number of ether oxygens (including phenoxy) is 2. The zero-order valence-corrected chi connectivity index (χ0v) is 13.2. The number of nitrogens with one attached hydrogen (secondary N) is 2. The molecule has 0 aliphatic carbocycles. The Morgan fingerprint density at radius 3 is 2.76 bits per heavy atom. The minimum atomic E-state index is -0.706. The first-order chi connectivity index (χ1) is 12.1. The number of hydrogen-bond acceptors (Lipinski definition) is 6. The maximum absolute atomic E-state index is 12.4. The molecule has 3 aromatic rings. The van der Waals surface area contributed by atoms with E-state index >= 15 is 0 Å². The third-order valence-electron chi connectivity index (χ3n) is 3.23. The highest BCUT2D eigenvalue weighted by atomic mass is 16.5. The maximum atomic E-state index is 12.4. The van der Waals surface area contributed by atoms with E-state index < -0.39 is 17.3 Å². The van der Waals surface area contributed by atoms with Gasteiger partial charge in [0.15, 0.2) is 12.4 Å². The number of fused-ring (bicyclic) bond motifs is 1.